The van der Waals surface area contributed by atoms with Gasteiger partial charge in [-0.1, -0.05) is 0 Å². The largest absolute Gasteiger partial charge is 0.396 e. The predicted molar refractivity (Wildman–Crippen MR) is 80.8 cm³/mol. The summed E-state index contributed by atoms with van der Waals surface area (Å²) in [6, 6.07) is 0. The summed E-state index contributed by atoms with van der Waals surface area (Å²) in [5.41, 5.74) is 7.96. The minimum atomic E-state index is -0.138. The Morgan fingerprint density at radius 2 is 2.19 bits per heavy atom. The van der Waals surface area contributed by atoms with Crippen LogP contribution in [-0.4, -0.2) is 37.6 Å². The van der Waals surface area contributed by atoms with Crippen molar-refractivity contribution in [3.63, 3.8) is 0 Å². The van der Waals surface area contributed by atoms with E-state index in [1.54, 1.807) is 35.2 Å². The number of aromatic nitrogens is 4. The second-order valence-electron chi connectivity index (χ2n) is 4.74. The van der Waals surface area contributed by atoms with Gasteiger partial charge in [-0.05, 0) is 0 Å². The first kappa shape index (κ1) is 13.5. The molecule has 21 heavy (non-hydrogen) atoms. The molecule has 1 amide bonds. The molecule has 2 N–H and O–H groups in total. The van der Waals surface area contributed by atoms with Gasteiger partial charge in [-0.15, -0.1) is 11.3 Å². The van der Waals surface area contributed by atoms with Crippen LogP contribution < -0.4 is 5.73 Å². The van der Waals surface area contributed by atoms with E-state index in [0.717, 1.165) is 5.56 Å². The molecule has 0 saturated carbocycles. The lowest BCUT2D eigenvalue weighted by molar-refractivity contribution is 0.0791. The number of carbonyl (C=O) groups is 1. The highest BCUT2D eigenvalue weighted by Crippen LogP contribution is 2.31. The summed E-state index contributed by atoms with van der Waals surface area (Å²) >= 11 is 1.27. The molecule has 0 saturated heterocycles. The smallest absolute Gasteiger partial charge is 0.266 e. The molecular formula is C13H14N6OS. The van der Waals surface area contributed by atoms with E-state index in [4.69, 9.17) is 5.73 Å². The number of nitrogens with two attached hydrogens (primary N) is 1. The molecule has 3 rings (SSSR count). The fourth-order valence-electron chi connectivity index (χ4n) is 2.08. The fourth-order valence-corrected chi connectivity index (χ4v) is 3.09. The van der Waals surface area contributed by atoms with Crippen molar-refractivity contribution in [3.8, 4) is 0 Å². The van der Waals surface area contributed by atoms with Crippen molar-refractivity contribution in [3.05, 3.63) is 35.2 Å². The number of anilines is 1. The highest BCUT2D eigenvalue weighted by atomic mass is 32.1. The van der Waals surface area contributed by atoms with E-state index >= 15 is 0 Å². The third-order valence-electron chi connectivity index (χ3n) is 3.08. The van der Waals surface area contributed by atoms with Crippen LogP contribution in [0, 0.1) is 0 Å². The predicted octanol–water partition coefficient (Wildman–Crippen LogP) is 1.28. The summed E-state index contributed by atoms with van der Waals surface area (Å²) in [5, 5.41) is 4.09. The first-order valence-electron chi connectivity index (χ1n) is 6.28. The number of fused-ring (bicyclic) bond motifs is 1. The molecule has 0 radical (unpaired) electrons. The van der Waals surface area contributed by atoms with Gasteiger partial charge in [-0.25, -0.2) is 9.97 Å². The minimum Gasteiger partial charge on any atom is -0.396 e. The van der Waals surface area contributed by atoms with Crippen LogP contribution >= 0.6 is 11.3 Å². The quantitative estimate of drug-likeness (QED) is 0.787. The first-order chi connectivity index (χ1) is 10.1. The zero-order valence-corrected chi connectivity index (χ0v) is 12.5. The average Bonchev–Trinajstić information content (AvgIpc) is 3.03. The molecule has 0 fully saturated rings. The lowest BCUT2D eigenvalue weighted by Gasteiger charge is -2.15. The van der Waals surface area contributed by atoms with Crippen LogP contribution in [0.5, 0.6) is 0 Å². The molecule has 0 bridgehead atoms. The maximum atomic E-state index is 12.5. The summed E-state index contributed by atoms with van der Waals surface area (Å²) in [6.45, 7) is 0.473. The summed E-state index contributed by atoms with van der Waals surface area (Å²) in [7, 11) is 3.58. The molecule has 3 aromatic rings. The van der Waals surface area contributed by atoms with Gasteiger partial charge in [0.1, 0.15) is 15.2 Å². The van der Waals surface area contributed by atoms with Crippen LogP contribution in [0.1, 0.15) is 15.2 Å². The van der Waals surface area contributed by atoms with Crippen LogP contribution in [0.15, 0.2) is 24.8 Å². The second kappa shape index (κ2) is 5.13. The number of thiophene rings is 1. The number of nitrogen functional groups attached to an aromatic ring is 1. The summed E-state index contributed by atoms with van der Waals surface area (Å²) in [5.74, 6) is -0.138. The molecule has 0 spiro atoms. The molecule has 0 aliphatic heterocycles. The normalized spacial score (nSPS) is 11.0. The molecule has 8 heteroatoms. The Kier molecular flexibility index (Phi) is 3.30. The minimum absolute atomic E-state index is 0.138. The number of amides is 1. The van der Waals surface area contributed by atoms with E-state index in [-0.39, 0.29) is 5.91 Å². The highest BCUT2D eigenvalue weighted by molar-refractivity contribution is 7.21. The van der Waals surface area contributed by atoms with Crippen molar-refractivity contribution in [2.75, 3.05) is 12.8 Å². The van der Waals surface area contributed by atoms with Crippen LogP contribution in [0.2, 0.25) is 0 Å². The summed E-state index contributed by atoms with van der Waals surface area (Å²) in [4.78, 5) is 23.6. The number of aryl methyl sites for hydroxylation is 1. The average molecular weight is 302 g/mol. The van der Waals surface area contributed by atoms with E-state index in [1.807, 2.05) is 13.2 Å². The van der Waals surface area contributed by atoms with Crippen LogP contribution in [-0.2, 0) is 13.6 Å². The molecule has 0 aromatic carbocycles. The molecule has 7 nitrogen and oxygen atoms in total. The van der Waals surface area contributed by atoms with Crippen molar-refractivity contribution < 1.29 is 4.79 Å². The first-order valence-corrected chi connectivity index (χ1v) is 7.10. The number of carbonyl (C=O) groups excluding carboxylic acids is 1. The molecule has 3 heterocycles. The van der Waals surface area contributed by atoms with Gasteiger partial charge in [-0.3, -0.25) is 9.48 Å². The lowest BCUT2D eigenvalue weighted by Crippen LogP contribution is -2.25. The third-order valence-corrected chi connectivity index (χ3v) is 4.17. The molecular weight excluding hydrogens is 288 g/mol. The Labute approximate surface area is 125 Å². The van der Waals surface area contributed by atoms with Gasteiger partial charge >= 0.3 is 0 Å². The monoisotopic (exact) mass is 302 g/mol. The number of rotatable bonds is 3. The van der Waals surface area contributed by atoms with Gasteiger partial charge in [-0.2, -0.15) is 5.10 Å². The SMILES string of the molecule is CN(Cc1cnn(C)c1)C(=O)c1sc2nccnc2c1N. The summed E-state index contributed by atoms with van der Waals surface area (Å²) < 4.78 is 1.70. The van der Waals surface area contributed by atoms with E-state index in [0.29, 0.717) is 27.5 Å². The summed E-state index contributed by atoms with van der Waals surface area (Å²) in [6.07, 6.45) is 6.77. The van der Waals surface area contributed by atoms with Gasteiger partial charge in [0.25, 0.3) is 5.91 Å². The van der Waals surface area contributed by atoms with Crippen molar-refractivity contribution in [1.82, 2.24) is 24.6 Å². The zero-order valence-electron chi connectivity index (χ0n) is 11.6. The number of hydrogen-bond acceptors (Lipinski definition) is 6. The number of hydrogen-bond donors (Lipinski definition) is 1. The van der Waals surface area contributed by atoms with Gasteiger partial charge in [0.05, 0.1) is 11.9 Å². The van der Waals surface area contributed by atoms with E-state index in [2.05, 4.69) is 15.1 Å². The molecule has 0 aliphatic rings. The molecule has 0 aliphatic carbocycles. The molecule has 108 valence electrons. The van der Waals surface area contributed by atoms with Gasteiger partial charge in [0.15, 0.2) is 0 Å². The van der Waals surface area contributed by atoms with Crippen LogP contribution in [0.25, 0.3) is 10.3 Å². The third kappa shape index (κ3) is 2.45. The van der Waals surface area contributed by atoms with Crippen LogP contribution in [0.4, 0.5) is 5.69 Å². The maximum absolute atomic E-state index is 12.5. The Bertz CT molecular complexity index is 808. The number of nitrogens with zero attached hydrogens (tertiary/aromatic N) is 5. The molecule has 0 atom stereocenters. The lowest BCUT2D eigenvalue weighted by atomic mass is 10.3. The van der Waals surface area contributed by atoms with Crippen molar-refractivity contribution in [1.29, 1.82) is 0 Å². The second-order valence-corrected chi connectivity index (χ2v) is 5.74. The molecule has 0 unspecified atom stereocenters. The van der Waals surface area contributed by atoms with E-state index < -0.39 is 0 Å². The maximum Gasteiger partial charge on any atom is 0.266 e. The fraction of sp³-hybridized carbons (Fsp3) is 0.231. The van der Waals surface area contributed by atoms with E-state index in [1.165, 1.54) is 11.3 Å². The Balaban J connectivity index is 1.87. The topological polar surface area (TPSA) is 89.9 Å². The van der Waals surface area contributed by atoms with Gasteiger partial charge in [0.2, 0.25) is 0 Å². The standard InChI is InChI=1S/C13H14N6OS/c1-18(6-8-5-17-19(2)7-8)13(20)11-9(14)10-12(21-11)16-4-3-15-10/h3-5,7H,6,14H2,1-2H3. The van der Waals surface area contributed by atoms with Crippen molar-refractivity contribution in [2.24, 2.45) is 7.05 Å². The Morgan fingerprint density at radius 3 is 2.86 bits per heavy atom. The van der Waals surface area contributed by atoms with Crippen molar-refractivity contribution in [2.45, 2.75) is 6.54 Å². The highest BCUT2D eigenvalue weighted by Gasteiger charge is 2.21. The van der Waals surface area contributed by atoms with Crippen molar-refractivity contribution >= 4 is 33.3 Å². The zero-order chi connectivity index (χ0) is 15.0. The van der Waals surface area contributed by atoms with E-state index in [9.17, 15) is 4.79 Å². The van der Waals surface area contributed by atoms with Crippen LogP contribution in [0.3, 0.4) is 0 Å². The van der Waals surface area contributed by atoms with Gasteiger partial charge < -0.3 is 10.6 Å². The molecule has 3 aromatic heterocycles. The Morgan fingerprint density at radius 1 is 1.43 bits per heavy atom. The Hall–Kier alpha value is -2.48. The van der Waals surface area contributed by atoms with Gasteiger partial charge in [0, 0.05) is 44.8 Å².